The molecule has 2 aromatic carbocycles. The van der Waals surface area contributed by atoms with Gasteiger partial charge in [0, 0.05) is 11.1 Å². The van der Waals surface area contributed by atoms with Gasteiger partial charge in [-0.25, -0.2) is 10.9 Å². The smallest absolute Gasteiger partial charge is 0.253 e. The fourth-order valence-electron chi connectivity index (χ4n) is 3.36. The van der Waals surface area contributed by atoms with Crippen molar-refractivity contribution in [1.82, 2.24) is 16.2 Å². The van der Waals surface area contributed by atoms with Gasteiger partial charge in [0.15, 0.2) is 0 Å². The van der Waals surface area contributed by atoms with Crippen molar-refractivity contribution < 1.29 is 14.0 Å². The molecule has 1 aromatic heterocycles. The number of hydrogen-bond donors (Lipinski definition) is 4. The molecule has 30 heavy (non-hydrogen) atoms. The van der Waals surface area contributed by atoms with Crippen LogP contribution in [0.3, 0.4) is 0 Å². The van der Waals surface area contributed by atoms with E-state index in [9.17, 15) is 9.59 Å². The molecule has 1 fully saturated rings. The topological polar surface area (TPSA) is 95.4 Å². The molecule has 7 nitrogen and oxygen atoms in total. The lowest BCUT2D eigenvalue weighted by Crippen LogP contribution is -2.40. The predicted octanol–water partition coefficient (Wildman–Crippen LogP) is 3.41. The lowest BCUT2D eigenvalue weighted by atomic mass is 10.0. The van der Waals surface area contributed by atoms with Crippen molar-refractivity contribution in [2.75, 3.05) is 5.32 Å². The van der Waals surface area contributed by atoms with Crippen LogP contribution in [-0.2, 0) is 11.3 Å². The highest BCUT2D eigenvalue weighted by molar-refractivity contribution is 6.30. The number of benzene rings is 2. The minimum absolute atomic E-state index is 0.0358. The number of amides is 2. The van der Waals surface area contributed by atoms with Crippen LogP contribution in [-0.4, -0.2) is 17.9 Å². The monoisotopic (exact) mass is 424 g/mol. The summed E-state index contributed by atoms with van der Waals surface area (Å²) in [6.45, 7) is 0.267. The van der Waals surface area contributed by atoms with Crippen molar-refractivity contribution in [3.05, 3.63) is 88.8 Å². The number of rotatable bonds is 6. The summed E-state index contributed by atoms with van der Waals surface area (Å²) < 4.78 is 5.23. The van der Waals surface area contributed by atoms with Gasteiger partial charge >= 0.3 is 0 Å². The number of carbonyl (C=O) groups is 2. The number of anilines is 1. The van der Waals surface area contributed by atoms with Crippen LogP contribution in [0.4, 0.5) is 5.69 Å². The zero-order valence-electron chi connectivity index (χ0n) is 16.0. The normalized spacial score (nSPS) is 18.2. The van der Waals surface area contributed by atoms with Gasteiger partial charge < -0.3 is 15.1 Å². The van der Waals surface area contributed by atoms with E-state index >= 15 is 0 Å². The summed E-state index contributed by atoms with van der Waals surface area (Å²) in [5.74, 6) is 0.132. The molecule has 1 aliphatic rings. The molecule has 2 atom stereocenters. The molecule has 2 heterocycles. The summed E-state index contributed by atoms with van der Waals surface area (Å²) in [6.07, 6.45) is 2.11. The van der Waals surface area contributed by atoms with Gasteiger partial charge in [-0.15, -0.1) is 0 Å². The second kappa shape index (κ2) is 9.13. The van der Waals surface area contributed by atoms with Crippen LogP contribution in [0.15, 0.2) is 71.3 Å². The highest BCUT2D eigenvalue weighted by atomic mass is 35.5. The number of halogens is 1. The van der Waals surface area contributed by atoms with Crippen LogP contribution in [0.25, 0.3) is 0 Å². The molecule has 0 aliphatic carbocycles. The number of hydrazine groups is 1. The molecular formula is C22H21ClN4O3. The molecular weight excluding hydrogens is 404 g/mol. The van der Waals surface area contributed by atoms with Gasteiger partial charge in [0.05, 0.1) is 24.1 Å². The molecule has 4 N–H and O–H groups in total. The Morgan fingerprint density at radius 2 is 1.93 bits per heavy atom. The lowest BCUT2D eigenvalue weighted by molar-refractivity contribution is -0.117. The quantitative estimate of drug-likeness (QED) is 0.486. The number of furan rings is 1. The van der Waals surface area contributed by atoms with Crippen molar-refractivity contribution >= 4 is 29.1 Å². The minimum atomic E-state index is -0.451. The van der Waals surface area contributed by atoms with E-state index in [2.05, 4.69) is 21.5 Å². The van der Waals surface area contributed by atoms with Gasteiger partial charge in [0.2, 0.25) is 5.91 Å². The molecule has 0 bridgehead atoms. The van der Waals surface area contributed by atoms with Crippen molar-refractivity contribution in [2.45, 2.75) is 25.0 Å². The fourth-order valence-corrected chi connectivity index (χ4v) is 3.55. The van der Waals surface area contributed by atoms with Crippen molar-refractivity contribution in [3.63, 3.8) is 0 Å². The summed E-state index contributed by atoms with van der Waals surface area (Å²) in [6, 6.07) is 17.5. The molecule has 0 saturated carbocycles. The number of hydrogen-bond acceptors (Lipinski definition) is 5. The number of carbonyl (C=O) groups excluding carboxylic acids is 2. The summed E-state index contributed by atoms with van der Waals surface area (Å²) in [4.78, 5) is 25.4. The first-order valence-electron chi connectivity index (χ1n) is 9.57. The molecule has 2 amide bonds. The molecule has 8 heteroatoms. The Morgan fingerprint density at radius 3 is 2.73 bits per heavy atom. The average Bonchev–Trinajstić information content (AvgIpc) is 3.45. The first-order valence-corrected chi connectivity index (χ1v) is 9.95. The molecule has 0 spiro atoms. The summed E-state index contributed by atoms with van der Waals surface area (Å²) in [5, 5.41) is 6.30. The second-order valence-electron chi connectivity index (χ2n) is 6.98. The molecule has 1 saturated heterocycles. The van der Waals surface area contributed by atoms with Crippen molar-refractivity contribution in [1.29, 1.82) is 0 Å². The van der Waals surface area contributed by atoms with E-state index < -0.39 is 6.04 Å². The summed E-state index contributed by atoms with van der Waals surface area (Å²) in [7, 11) is 0. The van der Waals surface area contributed by atoms with Crippen LogP contribution >= 0.6 is 11.6 Å². The molecule has 0 radical (unpaired) electrons. The van der Waals surface area contributed by atoms with E-state index in [-0.39, 0.29) is 24.4 Å². The molecule has 4 rings (SSSR count). The average molecular weight is 425 g/mol. The van der Waals surface area contributed by atoms with Gasteiger partial charge in [-0.1, -0.05) is 35.9 Å². The zero-order chi connectivity index (χ0) is 20.9. The van der Waals surface area contributed by atoms with Gasteiger partial charge in [-0.2, -0.15) is 0 Å². The molecule has 1 aliphatic heterocycles. The van der Waals surface area contributed by atoms with Gasteiger partial charge in [0.1, 0.15) is 11.8 Å². The van der Waals surface area contributed by atoms with Crippen LogP contribution in [0.2, 0.25) is 5.02 Å². The Hall–Kier alpha value is -3.13. The fraction of sp³-hybridized carbons (Fsp3) is 0.182. The van der Waals surface area contributed by atoms with E-state index in [0.717, 1.165) is 5.56 Å². The van der Waals surface area contributed by atoms with Gasteiger partial charge in [-0.3, -0.25) is 9.59 Å². The number of para-hydroxylation sites is 1. The summed E-state index contributed by atoms with van der Waals surface area (Å²) >= 11 is 6.06. The third-order valence-electron chi connectivity index (χ3n) is 4.90. The van der Waals surface area contributed by atoms with Crippen molar-refractivity contribution in [2.24, 2.45) is 0 Å². The van der Waals surface area contributed by atoms with E-state index in [1.54, 1.807) is 42.7 Å². The first kappa shape index (κ1) is 20.2. The minimum Gasteiger partial charge on any atom is -0.467 e. The molecule has 2 unspecified atom stereocenters. The number of nitrogens with one attached hydrogen (secondary N) is 4. The van der Waals surface area contributed by atoms with Crippen LogP contribution < -0.4 is 21.5 Å². The summed E-state index contributed by atoms with van der Waals surface area (Å²) in [5.41, 5.74) is 7.99. The Kier molecular flexibility index (Phi) is 6.13. The van der Waals surface area contributed by atoms with Crippen LogP contribution in [0.5, 0.6) is 0 Å². The Balaban J connectivity index is 1.39. The molecule has 3 aromatic rings. The Morgan fingerprint density at radius 1 is 1.07 bits per heavy atom. The van der Waals surface area contributed by atoms with E-state index in [1.165, 1.54) is 0 Å². The van der Waals surface area contributed by atoms with Crippen molar-refractivity contribution in [3.8, 4) is 0 Å². The maximum atomic E-state index is 12.8. The van der Waals surface area contributed by atoms with E-state index in [1.807, 2.05) is 24.3 Å². The largest absolute Gasteiger partial charge is 0.467 e. The first-order chi connectivity index (χ1) is 14.6. The standard InChI is InChI=1S/C22H21ClN4O3/c23-15-6-3-5-14(11-15)19-12-20(27-26-19)22(29)25-18-9-2-1-8-17(18)21(28)24-13-16-7-4-10-30-16/h1-11,19-20,26-27H,12-13H2,(H,24,28)(H,25,29). The van der Waals surface area contributed by atoms with Gasteiger partial charge in [-0.05, 0) is 48.4 Å². The van der Waals surface area contributed by atoms with Crippen LogP contribution in [0.1, 0.15) is 34.1 Å². The highest BCUT2D eigenvalue weighted by Gasteiger charge is 2.30. The Bertz CT molecular complexity index is 1040. The maximum absolute atomic E-state index is 12.8. The maximum Gasteiger partial charge on any atom is 0.253 e. The highest BCUT2D eigenvalue weighted by Crippen LogP contribution is 2.25. The zero-order valence-corrected chi connectivity index (χ0v) is 16.8. The third kappa shape index (κ3) is 4.71. The van der Waals surface area contributed by atoms with Crippen LogP contribution in [0, 0.1) is 0 Å². The van der Waals surface area contributed by atoms with E-state index in [0.29, 0.717) is 28.5 Å². The van der Waals surface area contributed by atoms with Gasteiger partial charge in [0.25, 0.3) is 5.91 Å². The lowest BCUT2D eigenvalue weighted by Gasteiger charge is -2.14. The Labute approximate surface area is 178 Å². The third-order valence-corrected chi connectivity index (χ3v) is 5.14. The molecule has 154 valence electrons. The SMILES string of the molecule is O=C(NCc1ccco1)c1ccccc1NC(=O)C1CC(c2cccc(Cl)c2)NN1. The van der Waals surface area contributed by atoms with E-state index in [4.69, 9.17) is 16.0 Å². The second-order valence-corrected chi connectivity index (χ2v) is 7.42. The predicted molar refractivity (Wildman–Crippen MR) is 114 cm³/mol.